The molecule has 0 atom stereocenters. The summed E-state index contributed by atoms with van der Waals surface area (Å²) in [5, 5.41) is 0. The van der Waals surface area contributed by atoms with Gasteiger partial charge in [0.1, 0.15) is 12.4 Å². The predicted octanol–water partition coefficient (Wildman–Crippen LogP) is -0.398. The topological polar surface area (TPSA) is 19.7 Å². The molecule has 0 unspecified atom stereocenters. The van der Waals surface area contributed by atoms with E-state index in [1.54, 1.807) is 0 Å². The Kier molecular flexibility index (Phi) is 7.49. The molecule has 0 spiro atoms. The molecule has 2 nitrogen and oxygen atoms in total. The lowest BCUT2D eigenvalue weighted by Gasteiger charge is -2.02. The summed E-state index contributed by atoms with van der Waals surface area (Å²) in [7, 11) is 2.10. The average molecular weight is 231 g/mol. The zero-order chi connectivity index (χ0) is 10.4. The van der Waals surface area contributed by atoms with Crippen molar-refractivity contribution in [2.24, 2.45) is 13.0 Å². The van der Waals surface area contributed by atoms with Crippen molar-refractivity contribution in [2.45, 2.75) is 46.0 Å². The van der Waals surface area contributed by atoms with E-state index in [-0.39, 0.29) is 12.4 Å². The molecule has 15 heavy (non-hydrogen) atoms. The Morgan fingerprint density at radius 1 is 1.27 bits per heavy atom. The van der Waals surface area contributed by atoms with E-state index in [2.05, 4.69) is 36.6 Å². The maximum Gasteiger partial charge on any atom is 0.253 e. The Hall–Kier alpha value is -0.500. The largest absolute Gasteiger partial charge is 1.00 e. The van der Waals surface area contributed by atoms with Gasteiger partial charge in [0.05, 0.1) is 7.05 Å². The zero-order valence-corrected chi connectivity index (χ0v) is 10.8. The third kappa shape index (κ3) is 5.83. The normalized spacial score (nSPS) is 10.4. The van der Waals surface area contributed by atoms with Crippen LogP contribution in [0.3, 0.4) is 0 Å². The second-order valence-corrected chi connectivity index (χ2v) is 4.51. The van der Waals surface area contributed by atoms with Gasteiger partial charge in [0, 0.05) is 6.42 Å². The second-order valence-electron chi connectivity index (χ2n) is 4.51. The molecule has 0 aliphatic heterocycles. The van der Waals surface area contributed by atoms with Gasteiger partial charge in [-0.3, -0.25) is 0 Å². The SMILES string of the molecule is CC(C)CCCCCc1[nH]cc[n+]1C.[Cl-]. The van der Waals surface area contributed by atoms with Crippen molar-refractivity contribution in [3.05, 3.63) is 18.2 Å². The molecule has 1 heterocycles. The van der Waals surface area contributed by atoms with E-state index < -0.39 is 0 Å². The molecule has 1 aromatic heterocycles. The van der Waals surface area contributed by atoms with Crippen molar-refractivity contribution in [3.8, 4) is 0 Å². The van der Waals surface area contributed by atoms with Crippen LogP contribution in [0.25, 0.3) is 0 Å². The number of H-pyrrole nitrogens is 1. The molecule has 0 aromatic carbocycles. The van der Waals surface area contributed by atoms with Gasteiger partial charge >= 0.3 is 0 Å². The highest BCUT2D eigenvalue weighted by Gasteiger charge is 2.05. The Bertz CT molecular complexity index is 256. The van der Waals surface area contributed by atoms with Crippen LogP contribution in [0, 0.1) is 5.92 Å². The Morgan fingerprint density at radius 2 is 2.00 bits per heavy atom. The molecule has 0 amide bonds. The maximum absolute atomic E-state index is 3.27. The highest BCUT2D eigenvalue weighted by Crippen LogP contribution is 2.09. The summed E-state index contributed by atoms with van der Waals surface area (Å²) in [5.74, 6) is 2.20. The third-order valence-corrected chi connectivity index (χ3v) is 2.67. The Labute approximate surface area is 99.5 Å². The van der Waals surface area contributed by atoms with Gasteiger partial charge in [-0.05, 0) is 12.3 Å². The average Bonchev–Trinajstić information content (AvgIpc) is 2.51. The monoisotopic (exact) mass is 230 g/mol. The number of aromatic amines is 1. The molecule has 0 aliphatic carbocycles. The van der Waals surface area contributed by atoms with Gasteiger partial charge in [-0.25, -0.2) is 9.55 Å². The molecule has 0 radical (unpaired) electrons. The number of hydrogen-bond donors (Lipinski definition) is 1. The number of aromatic nitrogens is 2. The van der Waals surface area contributed by atoms with Crippen molar-refractivity contribution in [1.29, 1.82) is 0 Å². The van der Waals surface area contributed by atoms with Gasteiger partial charge in [0.15, 0.2) is 0 Å². The molecule has 1 rings (SSSR count). The molecule has 0 bridgehead atoms. The summed E-state index contributed by atoms with van der Waals surface area (Å²) in [5.41, 5.74) is 0. The molecule has 1 aromatic rings. The third-order valence-electron chi connectivity index (χ3n) is 2.67. The molecule has 0 saturated heterocycles. The predicted molar refractivity (Wildman–Crippen MR) is 59.0 cm³/mol. The van der Waals surface area contributed by atoms with Crippen LogP contribution in [0.1, 0.15) is 45.4 Å². The van der Waals surface area contributed by atoms with Crippen LogP contribution >= 0.6 is 0 Å². The number of nitrogens with zero attached hydrogens (tertiary/aromatic N) is 1. The molecular weight excluding hydrogens is 208 g/mol. The molecule has 0 fully saturated rings. The van der Waals surface area contributed by atoms with Crippen LogP contribution < -0.4 is 17.0 Å². The number of imidazole rings is 1. The van der Waals surface area contributed by atoms with Crippen molar-refractivity contribution < 1.29 is 17.0 Å². The van der Waals surface area contributed by atoms with Gasteiger partial charge < -0.3 is 12.4 Å². The number of unbranched alkanes of at least 4 members (excludes halogenated alkanes) is 2. The van der Waals surface area contributed by atoms with E-state index in [1.165, 1.54) is 37.9 Å². The summed E-state index contributed by atoms with van der Waals surface area (Å²) >= 11 is 0. The fourth-order valence-electron chi connectivity index (χ4n) is 1.71. The first-order chi connectivity index (χ1) is 6.70. The summed E-state index contributed by atoms with van der Waals surface area (Å²) < 4.78 is 2.17. The van der Waals surface area contributed by atoms with Gasteiger partial charge in [0.2, 0.25) is 0 Å². The van der Waals surface area contributed by atoms with Crippen LogP contribution in [0.2, 0.25) is 0 Å². The molecule has 0 saturated carbocycles. The van der Waals surface area contributed by atoms with E-state index in [4.69, 9.17) is 0 Å². The standard InChI is InChI=1S/C12H22N2.ClH/c1-11(2)7-5-4-6-8-12-13-9-10-14(12)3;/h9-11H,4-8H2,1-3H3;1H. The Morgan fingerprint density at radius 3 is 2.53 bits per heavy atom. The van der Waals surface area contributed by atoms with Gasteiger partial charge in [0.25, 0.3) is 5.82 Å². The minimum absolute atomic E-state index is 0. The lowest BCUT2D eigenvalue weighted by molar-refractivity contribution is -0.677. The summed E-state index contributed by atoms with van der Waals surface area (Å²) in [6.45, 7) is 4.59. The first kappa shape index (κ1) is 14.5. The molecule has 0 aliphatic rings. The van der Waals surface area contributed by atoms with Crippen LogP contribution in [0.4, 0.5) is 0 Å². The zero-order valence-electron chi connectivity index (χ0n) is 10.1. The summed E-state index contributed by atoms with van der Waals surface area (Å²) in [4.78, 5) is 3.27. The first-order valence-electron chi connectivity index (χ1n) is 5.72. The van der Waals surface area contributed by atoms with E-state index in [0.29, 0.717) is 0 Å². The minimum Gasteiger partial charge on any atom is -1.00 e. The number of nitrogens with one attached hydrogen (secondary N) is 1. The maximum atomic E-state index is 3.27. The van der Waals surface area contributed by atoms with Crippen molar-refractivity contribution in [1.82, 2.24) is 4.98 Å². The smallest absolute Gasteiger partial charge is 0.253 e. The quantitative estimate of drug-likeness (QED) is 0.507. The summed E-state index contributed by atoms with van der Waals surface area (Å²) in [6.07, 6.45) is 10.7. The summed E-state index contributed by atoms with van der Waals surface area (Å²) in [6, 6.07) is 0. The van der Waals surface area contributed by atoms with Crippen LogP contribution in [-0.2, 0) is 13.5 Å². The molecule has 3 heteroatoms. The number of aryl methyl sites for hydroxylation is 2. The molecular formula is C12H23ClN2. The van der Waals surface area contributed by atoms with Crippen molar-refractivity contribution in [2.75, 3.05) is 0 Å². The van der Waals surface area contributed by atoms with E-state index >= 15 is 0 Å². The highest BCUT2D eigenvalue weighted by molar-refractivity contribution is 4.76. The second kappa shape index (κ2) is 7.75. The fraction of sp³-hybridized carbons (Fsp3) is 0.750. The van der Waals surface area contributed by atoms with Crippen LogP contribution in [0.5, 0.6) is 0 Å². The van der Waals surface area contributed by atoms with Gasteiger partial charge in [-0.2, -0.15) is 0 Å². The highest BCUT2D eigenvalue weighted by atomic mass is 35.5. The van der Waals surface area contributed by atoms with E-state index in [1.807, 2.05) is 6.20 Å². The van der Waals surface area contributed by atoms with E-state index in [0.717, 1.165) is 5.92 Å². The molecule has 1 N–H and O–H groups in total. The first-order valence-corrected chi connectivity index (χ1v) is 5.72. The minimum atomic E-state index is 0. The van der Waals surface area contributed by atoms with E-state index in [9.17, 15) is 0 Å². The number of hydrogen-bond acceptors (Lipinski definition) is 0. The van der Waals surface area contributed by atoms with Gasteiger partial charge in [-0.15, -0.1) is 0 Å². The van der Waals surface area contributed by atoms with Crippen LogP contribution in [0.15, 0.2) is 12.4 Å². The van der Waals surface area contributed by atoms with Crippen molar-refractivity contribution >= 4 is 0 Å². The number of halogens is 1. The van der Waals surface area contributed by atoms with Crippen molar-refractivity contribution in [3.63, 3.8) is 0 Å². The lowest BCUT2D eigenvalue weighted by Crippen LogP contribution is -3.00. The lowest BCUT2D eigenvalue weighted by atomic mass is 10.0. The Balaban J connectivity index is 0.00000196. The number of rotatable bonds is 6. The van der Waals surface area contributed by atoms with Gasteiger partial charge in [-0.1, -0.05) is 33.1 Å². The fourth-order valence-corrected chi connectivity index (χ4v) is 1.71. The molecule has 88 valence electrons. The van der Waals surface area contributed by atoms with Crippen LogP contribution in [-0.4, -0.2) is 4.98 Å².